The van der Waals surface area contributed by atoms with Crippen LogP contribution in [-0.4, -0.2) is 37.1 Å². The van der Waals surface area contributed by atoms with Gasteiger partial charge in [-0.3, -0.25) is 0 Å². The fourth-order valence-electron chi connectivity index (χ4n) is 0.675. The highest BCUT2D eigenvalue weighted by molar-refractivity contribution is 4.57. The fourth-order valence-corrected chi connectivity index (χ4v) is 0.675. The molecule has 0 aromatic rings. The summed E-state index contributed by atoms with van der Waals surface area (Å²) in [6.07, 6.45) is 0.704. The maximum absolute atomic E-state index is 8.44. The summed E-state index contributed by atoms with van der Waals surface area (Å²) in [4.78, 5) is 0. The van der Waals surface area contributed by atoms with Crippen LogP contribution in [0.4, 0.5) is 0 Å². The van der Waals surface area contributed by atoms with Crippen LogP contribution in [0.15, 0.2) is 0 Å². The molecule has 0 unspecified atom stereocenters. The molecule has 3 heteroatoms. The summed E-state index contributed by atoms with van der Waals surface area (Å²) < 4.78 is 10.6. The highest BCUT2D eigenvalue weighted by Crippen LogP contribution is 2.05. The third-order valence-corrected chi connectivity index (χ3v) is 1.21. The molecule has 3 nitrogen and oxygen atoms in total. The summed E-state index contributed by atoms with van der Waals surface area (Å²) in [7, 11) is 0. The first-order valence-corrected chi connectivity index (χ1v) is 4.39. The van der Waals surface area contributed by atoms with Crippen LogP contribution in [0.1, 0.15) is 27.2 Å². The summed E-state index contributed by atoms with van der Waals surface area (Å²) in [6, 6.07) is 0. The second-order valence-corrected chi connectivity index (χ2v) is 3.65. The molecular weight excluding hydrogens is 156 g/mol. The SMILES string of the molecule is CC(C)(C)OCCOCCCO. The number of hydrogen-bond donors (Lipinski definition) is 1. The van der Waals surface area contributed by atoms with Gasteiger partial charge in [0.1, 0.15) is 0 Å². The van der Waals surface area contributed by atoms with Gasteiger partial charge in [0.25, 0.3) is 0 Å². The third kappa shape index (κ3) is 9.88. The molecule has 0 aliphatic heterocycles. The first kappa shape index (κ1) is 11.9. The predicted octanol–water partition coefficient (Wildman–Crippen LogP) is 1.20. The topological polar surface area (TPSA) is 38.7 Å². The molecule has 0 rings (SSSR count). The van der Waals surface area contributed by atoms with Gasteiger partial charge in [0.05, 0.1) is 18.8 Å². The summed E-state index contributed by atoms with van der Waals surface area (Å²) in [5.41, 5.74) is -0.0830. The average molecular weight is 176 g/mol. The van der Waals surface area contributed by atoms with Crippen LogP contribution in [0.5, 0.6) is 0 Å². The number of ether oxygens (including phenoxy) is 2. The van der Waals surface area contributed by atoms with E-state index in [4.69, 9.17) is 14.6 Å². The Hall–Kier alpha value is -0.120. The minimum absolute atomic E-state index is 0.0830. The van der Waals surface area contributed by atoms with Crippen molar-refractivity contribution < 1.29 is 14.6 Å². The quantitative estimate of drug-likeness (QED) is 0.618. The maximum Gasteiger partial charge on any atom is 0.0707 e. The Morgan fingerprint density at radius 3 is 2.25 bits per heavy atom. The molecule has 0 saturated carbocycles. The molecule has 1 N–H and O–H groups in total. The average Bonchev–Trinajstić information content (AvgIpc) is 1.94. The first-order valence-electron chi connectivity index (χ1n) is 4.39. The van der Waals surface area contributed by atoms with E-state index in [2.05, 4.69) is 0 Å². The zero-order valence-electron chi connectivity index (χ0n) is 8.30. The van der Waals surface area contributed by atoms with E-state index in [1.54, 1.807) is 0 Å². The van der Waals surface area contributed by atoms with Crippen molar-refractivity contribution in [1.82, 2.24) is 0 Å². The van der Waals surface area contributed by atoms with Gasteiger partial charge in [0.2, 0.25) is 0 Å². The standard InChI is InChI=1S/C9H20O3/c1-9(2,3)12-8-7-11-6-4-5-10/h10H,4-8H2,1-3H3. The van der Waals surface area contributed by atoms with Crippen LogP contribution in [0.2, 0.25) is 0 Å². The monoisotopic (exact) mass is 176 g/mol. The van der Waals surface area contributed by atoms with E-state index < -0.39 is 0 Å². The normalized spacial score (nSPS) is 12.0. The molecule has 0 aromatic heterocycles. The smallest absolute Gasteiger partial charge is 0.0707 e. The van der Waals surface area contributed by atoms with Crippen molar-refractivity contribution in [2.45, 2.75) is 32.8 Å². The molecule has 74 valence electrons. The van der Waals surface area contributed by atoms with Crippen LogP contribution in [0.3, 0.4) is 0 Å². The Kier molecular flexibility index (Phi) is 6.34. The molecule has 0 atom stereocenters. The number of aliphatic hydroxyl groups excluding tert-OH is 1. The minimum Gasteiger partial charge on any atom is -0.396 e. The molecule has 0 amide bonds. The molecule has 0 bridgehead atoms. The summed E-state index contributed by atoms with van der Waals surface area (Å²) >= 11 is 0. The second-order valence-electron chi connectivity index (χ2n) is 3.65. The molecular formula is C9H20O3. The van der Waals surface area contributed by atoms with Gasteiger partial charge < -0.3 is 14.6 Å². The zero-order valence-corrected chi connectivity index (χ0v) is 8.30. The van der Waals surface area contributed by atoms with E-state index in [9.17, 15) is 0 Å². The van der Waals surface area contributed by atoms with Crippen molar-refractivity contribution in [3.8, 4) is 0 Å². The summed E-state index contributed by atoms with van der Waals surface area (Å²) in [5.74, 6) is 0. The number of hydrogen-bond acceptors (Lipinski definition) is 3. The van der Waals surface area contributed by atoms with Gasteiger partial charge in [-0.2, -0.15) is 0 Å². The maximum atomic E-state index is 8.44. The van der Waals surface area contributed by atoms with E-state index in [0.717, 1.165) is 0 Å². The van der Waals surface area contributed by atoms with Gasteiger partial charge in [-0.25, -0.2) is 0 Å². The number of aliphatic hydroxyl groups is 1. The van der Waals surface area contributed by atoms with E-state index in [0.29, 0.717) is 26.2 Å². The molecule has 0 radical (unpaired) electrons. The third-order valence-electron chi connectivity index (χ3n) is 1.21. The van der Waals surface area contributed by atoms with E-state index >= 15 is 0 Å². The van der Waals surface area contributed by atoms with Gasteiger partial charge in [-0.05, 0) is 27.2 Å². The molecule has 0 saturated heterocycles. The largest absolute Gasteiger partial charge is 0.396 e. The van der Waals surface area contributed by atoms with Crippen LogP contribution in [0.25, 0.3) is 0 Å². The molecule has 0 heterocycles. The van der Waals surface area contributed by atoms with Crippen molar-refractivity contribution >= 4 is 0 Å². The Morgan fingerprint density at radius 2 is 1.75 bits per heavy atom. The molecule has 12 heavy (non-hydrogen) atoms. The van der Waals surface area contributed by atoms with Crippen LogP contribution in [0, 0.1) is 0 Å². The zero-order chi connectivity index (χ0) is 9.45. The highest BCUT2D eigenvalue weighted by atomic mass is 16.5. The van der Waals surface area contributed by atoms with Crippen molar-refractivity contribution in [2.75, 3.05) is 26.4 Å². The van der Waals surface area contributed by atoms with Crippen molar-refractivity contribution in [2.24, 2.45) is 0 Å². The van der Waals surface area contributed by atoms with Gasteiger partial charge in [-0.15, -0.1) is 0 Å². The lowest BCUT2D eigenvalue weighted by Gasteiger charge is -2.19. The highest BCUT2D eigenvalue weighted by Gasteiger charge is 2.08. The van der Waals surface area contributed by atoms with E-state index in [1.165, 1.54) is 0 Å². The van der Waals surface area contributed by atoms with Crippen molar-refractivity contribution in [3.63, 3.8) is 0 Å². The Balaban J connectivity index is 3.01. The predicted molar refractivity (Wildman–Crippen MR) is 48.2 cm³/mol. The molecule has 0 aliphatic carbocycles. The lowest BCUT2D eigenvalue weighted by Crippen LogP contribution is -2.21. The molecule has 0 aromatic carbocycles. The molecule has 0 aliphatic rings. The molecule has 0 spiro atoms. The summed E-state index contributed by atoms with van der Waals surface area (Å²) in [6.45, 7) is 8.08. The Bertz CT molecular complexity index is 96.4. The minimum atomic E-state index is -0.0830. The van der Waals surface area contributed by atoms with Crippen LogP contribution in [-0.2, 0) is 9.47 Å². The lowest BCUT2D eigenvalue weighted by atomic mass is 10.2. The van der Waals surface area contributed by atoms with Crippen molar-refractivity contribution in [3.05, 3.63) is 0 Å². The van der Waals surface area contributed by atoms with Crippen molar-refractivity contribution in [1.29, 1.82) is 0 Å². The summed E-state index contributed by atoms with van der Waals surface area (Å²) in [5, 5.41) is 8.44. The lowest BCUT2D eigenvalue weighted by molar-refractivity contribution is -0.0359. The van der Waals surface area contributed by atoms with Gasteiger partial charge in [-0.1, -0.05) is 0 Å². The fraction of sp³-hybridized carbons (Fsp3) is 1.00. The number of rotatable bonds is 6. The van der Waals surface area contributed by atoms with E-state index in [-0.39, 0.29) is 12.2 Å². The Morgan fingerprint density at radius 1 is 1.08 bits per heavy atom. The van der Waals surface area contributed by atoms with Gasteiger partial charge in [0.15, 0.2) is 0 Å². The molecule has 0 fully saturated rings. The van der Waals surface area contributed by atoms with Crippen LogP contribution < -0.4 is 0 Å². The van der Waals surface area contributed by atoms with Gasteiger partial charge >= 0.3 is 0 Å². The Labute approximate surface area is 74.7 Å². The van der Waals surface area contributed by atoms with E-state index in [1.807, 2.05) is 20.8 Å². The van der Waals surface area contributed by atoms with Gasteiger partial charge in [0, 0.05) is 13.2 Å². The second kappa shape index (κ2) is 6.40. The van der Waals surface area contributed by atoms with Crippen LogP contribution >= 0.6 is 0 Å². The first-order chi connectivity index (χ1) is 5.56.